The highest BCUT2D eigenvalue weighted by atomic mass is 16.6. The van der Waals surface area contributed by atoms with Crippen LogP contribution in [0.4, 0.5) is 6.01 Å². The Kier molecular flexibility index (Phi) is 4.35. The number of ether oxygens (including phenoxy) is 3. The van der Waals surface area contributed by atoms with Crippen LogP contribution in [0.2, 0.25) is 0 Å². The van der Waals surface area contributed by atoms with Crippen molar-refractivity contribution >= 4 is 6.01 Å². The summed E-state index contributed by atoms with van der Waals surface area (Å²) < 4.78 is 21.7. The molecule has 1 aliphatic heterocycles. The van der Waals surface area contributed by atoms with E-state index in [1.807, 2.05) is 49.4 Å². The quantitative estimate of drug-likeness (QED) is 0.749. The Morgan fingerprint density at radius 1 is 1.04 bits per heavy atom. The zero-order chi connectivity index (χ0) is 17.9. The van der Waals surface area contributed by atoms with Crippen molar-refractivity contribution in [2.45, 2.75) is 13.0 Å². The monoisotopic (exact) mass is 353 g/mol. The van der Waals surface area contributed by atoms with Crippen LogP contribution in [0.1, 0.15) is 18.5 Å². The highest BCUT2D eigenvalue weighted by molar-refractivity contribution is 5.57. The second-order valence-corrected chi connectivity index (χ2v) is 5.92. The molecule has 0 aliphatic carbocycles. The number of hydrogen-bond donors (Lipinski definition) is 1. The fourth-order valence-electron chi connectivity index (χ4n) is 2.74. The van der Waals surface area contributed by atoms with Crippen LogP contribution in [0.25, 0.3) is 11.4 Å². The van der Waals surface area contributed by atoms with Crippen LogP contribution in [0, 0.1) is 0 Å². The smallest absolute Gasteiger partial charge is 0.322 e. The summed E-state index contributed by atoms with van der Waals surface area (Å²) >= 11 is 0. The number of fused-ring (bicyclic) bond motifs is 1. The molecule has 1 atom stereocenters. The number of aromatic nitrogens is 2. The maximum absolute atomic E-state index is 5.63. The first-order valence-electron chi connectivity index (χ1n) is 8.37. The van der Waals surface area contributed by atoms with Gasteiger partial charge in [-0.1, -0.05) is 11.2 Å². The normalized spacial score (nSPS) is 13.9. The maximum atomic E-state index is 5.63. The van der Waals surface area contributed by atoms with Gasteiger partial charge in [0.05, 0.1) is 13.2 Å². The van der Waals surface area contributed by atoms with E-state index >= 15 is 0 Å². The maximum Gasteiger partial charge on any atom is 0.322 e. The number of nitrogens with one attached hydrogen (secondary N) is 1. The van der Waals surface area contributed by atoms with Crippen molar-refractivity contribution < 1.29 is 18.7 Å². The van der Waals surface area contributed by atoms with Gasteiger partial charge in [0.25, 0.3) is 0 Å². The average molecular weight is 353 g/mol. The third kappa shape index (κ3) is 3.28. The minimum absolute atomic E-state index is 0.0324. The van der Waals surface area contributed by atoms with Crippen molar-refractivity contribution in [2.75, 3.05) is 25.6 Å². The molecule has 0 saturated heterocycles. The summed E-state index contributed by atoms with van der Waals surface area (Å²) in [7, 11) is 1.63. The van der Waals surface area contributed by atoms with Crippen molar-refractivity contribution in [1.29, 1.82) is 0 Å². The summed E-state index contributed by atoms with van der Waals surface area (Å²) in [6.45, 7) is 3.16. The molecule has 134 valence electrons. The lowest BCUT2D eigenvalue weighted by Gasteiger charge is -2.20. The molecule has 0 saturated carbocycles. The molecular formula is C19H19N3O4. The highest BCUT2D eigenvalue weighted by Gasteiger charge is 2.16. The second kappa shape index (κ2) is 6.95. The van der Waals surface area contributed by atoms with Crippen molar-refractivity contribution in [3.8, 4) is 28.6 Å². The fourth-order valence-corrected chi connectivity index (χ4v) is 2.74. The van der Waals surface area contributed by atoms with E-state index in [2.05, 4.69) is 15.5 Å². The second-order valence-electron chi connectivity index (χ2n) is 5.92. The first kappa shape index (κ1) is 16.3. The molecule has 0 bridgehead atoms. The largest absolute Gasteiger partial charge is 0.497 e. The minimum Gasteiger partial charge on any atom is -0.497 e. The third-order valence-corrected chi connectivity index (χ3v) is 4.18. The molecule has 7 heteroatoms. The van der Waals surface area contributed by atoms with Gasteiger partial charge in [0.2, 0.25) is 5.82 Å². The standard InChI is InChI=1S/C19H19N3O4/c1-12(14-5-8-16-17(11-14)25-10-9-24-16)20-19-21-18(22-26-19)13-3-6-15(23-2)7-4-13/h3-8,11-12H,9-10H2,1-2H3,(H,20,21,22). The van der Waals surface area contributed by atoms with Gasteiger partial charge in [-0.15, -0.1) is 0 Å². The zero-order valence-corrected chi connectivity index (χ0v) is 14.6. The molecule has 1 N–H and O–H groups in total. The average Bonchev–Trinajstić information content (AvgIpc) is 3.16. The van der Waals surface area contributed by atoms with E-state index in [0.29, 0.717) is 25.1 Å². The van der Waals surface area contributed by atoms with Gasteiger partial charge >= 0.3 is 6.01 Å². The lowest BCUT2D eigenvalue weighted by Crippen LogP contribution is -2.16. The molecule has 0 amide bonds. The molecule has 2 heterocycles. The Bertz CT molecular complexity index is 892. The van der Waals surface area contributed by atoms with E-state index < -0.39 is 0 Å². The van der Waals surface area contributed by atoms with Gasteiger partial charge in [0, 0.05) is 5.56 Å². The van der Waals surface area contributed by atoms with E-state index in [4.69, 9.17) is 18.7 Å². The molecule has 0 radical (unpaired) electrons. The van der Waals surface area contributed by atoms with Gasteiger partial charge in [0.15, 0.2) is 11.5 Å². The number of hydrogen-bond acceptors (Lipinski definition) is 7. The predicted octanol–water partition coefficient (Wildman–Crippen LogP) is 3.69. The van der Waals surface area contributed by atoms with Gasteiger partial charge < -0.3 is 24.1 Å². The highest BCUT2D eigenvalue weighted by Crippen LogP contribution is 2.33. The molecule has 7 nitrogen and oxygen atoms in total. The van der Waals surface area contributed by atoms with Gasteiger partial charge in [-0.25, -0.2) is 0 Å². The Morgan fingerprint density at radius 3 is 2.58 bits per heavy atom. The third-order valence-electron chi connectivity index (χ3n) is 4.18. The summed E-state index contributed by atoms with van der Waals surface area (Å²) in [4.78, 5) is 4.40. The molecule has 3 aromatic rings. The zero-order valence-electron chi connectivity index (χ0n) is 14.6. The van der Waals surface area contributed by atoms with E-state index in [-0.39, 0.29) is 6.04 Å². The summed E-state index contributed by atoms with van der Waals surface area (Å²) in [6.07, 6.45) is 0. The lowest BCUT2D eigenvalue weighted by atomic mass is 10.1. The Morgan fingerprint density at radius 2 is 1.81 bits per heavy atom. The first-order valence-corrected chi connectivity index (χ1v) is 8.37. The Hall–Kier alpha value is -3.22. The molecule has 0 fully saturated rings. The Labute approximate surface area is 150 Å². The van der Waals surface area contributed by atoms with Crippen LogP contribution < -0.4 is 19.5 Å². The van der Waals surface area contributed by atoms with E-state index in [9.17, 15) is 0 Å². The number of anilines is 1. The van der Waals surface area contributed by atoms with Crippen molar-refractivity contribution in [1.82, 2.24) is 10.1 Å². The van der Waals surface area contributed by atoms with Crippen LogP contribution in [-0.2, 0) is 0 Å². The van der Waals surface area contributed by atoms with Crippen LogP contribution >= 0.6 is 0 Å². The minimum atomic E-state index is -0.0324. The molecule has 1 aliphatic rings. The molecule has 1 aromatic heterocycles. The van der Waals surface area contributed by atoms with Crippen LogP contribution in [0.5, 0.6) is 17.2 Å². The van der Waals surface area contributed by atoms with Gasteiger partial charge in [-0.3, -0.25) is 0 Å². The summed E-state index contributed by atoms with van der Waals surface area (Å²) in [5, 5.41) is 7.24. The van der Waals surface area contributed by atoms with Crippen LogP contribution in [0.3, 0.4) is 0 Å². The van der Waals surface area contributed by atoms with Crippen molar-refractivity contribution in [2.24, 2.45) is 0 Å². The summed E-state index contributed by atoms with van der Waals surface area (Å²) in [5.41, 5.74) is 1.90. The SMILES string of the molecule is COc1ccc(-c2noc(NC(C)c3ccc4c(c3)OCCO4)n2)cc1. The van der Waals surface area contributed by atoms with E-state index in [1.165, 1.54) is 0 Å². The van der Waals surface area contributed by atoms with E-state index in [1.54, 1.807) is 7.11 Å². The van der Waals surface area contributed by atoms with Gasteiger partial charge in [-0.05, 0) is 48.9 Å². The molecule has 1 unspecified atom stereocenters. The number of rotatable bonds is 5. The van der Waals surface area contributed by atoms with Gasteiger partial charge in [-0.2, -0.15) is 4.98 Å². The number of benzene rings is 2. The molecule has 0 spiro atoms. The topological polar surface area (TPSA) is 78.6 Å². The number of nitrogens with zero attached hydrogens (tertiary/aromatic N) is 2. The molecule has 4 rings (SSSR count). The lowest BCUT2D eigenvalue weighted by molar-refractivity contribution is 0.171. The van der Waals surface area contributed by atoms with Crippen molar-refractivity contribution in [3.63, 3.8) is 0 Å². The van der Waals surface area contributed by atoms with E-state index in [0.717, 1.165) is 28.4 Å². The first-order chi connectivity index (χ1) is 12.7. The molecule has 2 aromatic carbocycles. The molecule has 26 heavy (non-hydrogen) atoms. The van der Waals surface area contributed by atoms with Crippen LogP contribution in [-0.4, -0.2) is 30.5 Å². The molecular weight excluding hydrogens is 334 g/mol. The fraction of sp³-hybridized carbons (Fsp3) is 0.263. The number of methoxy groups -OCH3 is 1. The van der Waals surface area contributed by atoms with Gasteiger partial charge in [0.1, 0.15) is 19.0 Å². The van der Waals surface area contributed by atoms with Crippen LogP contribution in [0.15, 0.2) is 47.0 Å². The summed E-state index contributed by atoms with van der Waals surface area (Å²) in [5.74, 6) is 2.82. The van der Waals surface area contributed by atoms with Crippen molar-refractivity contribution in [3.05, 3.63) is 48.0 Å². The summed E-state index contributed by atoms with van der Waals surface area (Å²) in [6, 6.07) is 13.7. The predicted molar refractivity (Wildman–Crippen MR) is 95.8 cm³/mol. The Balaban J connectivity index is 1.48.